The Hall–Kier alpha value is -4.93. The molecule has 3 aromatic heterocycles. The van der Waals surface area contributed by atoms with Gasteiger partial charge in [-0.25, -0.2) is 4.98 Å². The summed E-state index contributed by atoms with van der Waals surface area (Å²) in [6.07, 6.45) is 6.96. The normalized spacial score (nSPS) is 13.1. The standard InChI is InChI=1S/C37H25N3S/c1-2-8-24(9-3-1)37-39-32-22-25(16-21-34(32)41-37)23-14-17-26(18-15-23)40-33-13-7-5-11-28(33)30-20-19-29-27-10-4-6-12-31(27)38-35(29)36(30)40/h1-4,6,8-22,38H,5,7H2. The van der Waals surface area contributed by atoms with Crippen LogP contribution in [0.25, 0.3) is 82.5 Å². The molecule has 8 aromatic rings. The SMILES string of the molecule is C1=c2c(n(-c3ccc(-c4ccc5sc(-c6ccccc6)nc5c4)cc3)c3c2ccc2c4ccccc4[nH]c23)=CCC1. The van der Waals surface area contributed by atoms with Crippen LogP contribution in [0.15, 0.2) is 109 Å². The van der Waals surface area contributed by atoms with Crippen LogP contribution in [0.1, 0.15) is 12.8 Å². The molecule has 41 heavy (non-hydrogen) atoms. The number of thiazole rings is 1. The number of hydrogen-bond donors (Lipinski definition) is 1. The molecule has 4 heteroatoms. The first-order chi connectivity index (χ1) is 20.3. The Bertz CT molecular complexity index is 2410. The minimum absolute atomic E-state index is 1.05. The third-order valence-electron chi connectivity index (χ3n) is 8.41. The molecule has 5 aromatic carbocycles. The predicted octanol–water partition coefficient (Wildman–Crippen LogP) is 8.56. The maximum Gasteiger partial charge on any atom is 0.124 e. The van der Waals surface area contributed by atoms with Crippen molar-refractivity contribution >= 4 is 66.4 Å². The smallest absolute Gasteiger partial charge is 0.124 e. The van der Waals surface area contributed by atoms with Crippen LogP contribution in [0.2, 0.25) is 0 Å². The lowest BCUT2D eigenvalue weighted by atomic mass is 10.0. The monoisotopic (exact) mass is 543 g/mol. The summed E-state index contributed by atoms with van der Waals surface area (Å²) in [6.45, 7) is 0. The Morgan fingerprint density at radius 2 is 1.44 bits per heavy atom. The van der Waals surface area contributed by atoms with E-state index >= 15 is 0 Å². The third-order valence-corrected chi connectivity index (χ3v) is 9.49. The second-order valence-electron chi connectivity index (χ2n) is 10.8. The van der Waals surface area contributed by atoms with Crippen LogP contribution in [-0.2, 0) is 0 Å². The Morgan fingerprint density at radius 1 is 0.659 bits per heavy atom. The Labute approximate surface area is 240 Å². The summed E-state index contributed by atoms with van der Waals surface area (Å²) in [6, 6.07) is 39.3. The molecule has 9 rings (SSSR count). The number of H-pyrrole nitrogens is 1. The molecule has 0 saturated carbocycles. The van der Waals surface area contributed by atoms with Crippen molar-refractivity contribution in [2.75, 3.05) is 0 Å². The third kappa shape index (κ3) is 3.47. The lowest BCUT2D eigenvalue weighted by Crippen LogP contribution is -2.30. The molecule has 194 valence electrons. The van der Waals surface area contributed by atoms with Gasteiger partial charge in [0.15, 0.2) is 0 Å². The van der Waals surface area contributed by atoms with Gasteiger partial charge in [0.25, 0.3) is 0 Å². The number of nitrogens with one attached hydrogen (secondary N) is 1. The molecule has 0 aliphatic heterocycles. The highest BCUT2D eigenvalue weighted by atomic mass is 32.1. The van der Waals surface area contributed by atoms with Crippen LogP contribution >= 0.6 is 11.3 Å². The summed E-state index contributed by atoms with van der Waals surface area (Å²) in [5, 5.41) is 7.55. The average molecular weight is 544 g/mol. The molecular formula is C37H25N3S. The summed E-state index contributed by atoms with van der Waals surface area (Å²) in [5.74, 6) is 0. The van der Waals surface area contributed by atoms with E-state index in [1.54, 1.807) is 11.3 Å². The van der Waals surface area contributed by atoms with Crippen molar-refractivity contribution in [1.29, 1.82) is 0 Å². The number of hydrogen-bond acceptors (Lipinski definition) is 2. The summed E-state index contributed by atoms with van der Waals surface area (Å²) in [7, 11) is 0. The van der Waals surface area contributed by atoms with Gasteiger partial charge in [0.1, 0.15) is 5.01 Å². The number of para-hydroxylation sites is 1. The van der Waals surface area contributed by atoms with E-state index in [1.165, 1.54) is 70.4 Å². The molecule has 0 fully saturated rings. The fourth-order valence-corrected chi connectivity index (χ4v) is 7.43. The van der Waals surface area contributed by atoms with Crippen molar-refractivity contribution in [2.45, 2.75) is 12.8 Å². The van der Waals surface area contributed by atoms with Gasteiger partial charge >= 0.3 is 0 Å². The second-order valence-corrected chi connectivity index (χ2v) is 11.8. The minimum atomic E-state index is 1.05. The predicted molar refractivity (Wildman–Crippen MR) is 174 cm³/mol. The highest BCUT2D eigenvalue weighted by molar-refractivity contribution is 7.21. The van der Waals surface area contributed by atoms with Crippen LogP contribution in [0.4, 0.5) is 0 Å². The van der Waals surface area contributed by atoms with Gasteiger partial charge in [0.2, 0.25) is 0 Å². The van der Waals surface area contributed by atoms with Crippen LogP contribution in [0.5, 0.6) is 0 Å². The highest BCUT2D eigenvalue weighted by Gasteiger charge is 2.17. The molecule has 0 bridgehead atoms. The Balaban J connectivity index is 1.20. The van der Waals surface area contributed by atoms with Crippen molar-refractivity contribution in [3.05, 3.63) is 120 Å². The number of nitrogens with zero attached hydrogens (tertiary/aromatic N) is 2. The molecule has 0 amide bonds. The average Bonchev–Trinajstić information content (AvgIpc) is 3.73. The van der Waals surface area contributed by atoms with Crippen molar-refractivity contribution in [3.63, 3.8) is 0 Å². The number of rotatable bonds is 3. The first-order valence-electron chi connectivity index (χ1n) is 14.1. The molecule has 0 radical (unpaired) electrons. The van der Waals surface area contributed by atoms with Crippen molar-refractivity contribution in [1.82, 2.24) is 14.5 Å². The highest BCUT2D eigenvalue weighted by Crippen LogP contribution is 2.34. The van der Waals surface area contributed by atoms with E-state index in [-0.39, 0.29) is 0 Å². The first kappa shape index (κ1) is 22.8. The zero-order chi connectivity index (χ0) is 26.9. The molecule has 1 N–H and O–H groups in total. The van der Waals surface area contributed by atoms with Gasteiger partial charge in [-0.2, -0.15) is 0 Å². The number of aromatic nitrogens is 3. The number of aromatic amines is 1. The molecule has 0 unspecified atom stereocenters. The summed E-state index contributed by atoms with van der Waals surface area (Å²) in [5.41, 5.74) is 9.41. The van der Waals surface area contributed by atoms with Crippen molar-refractivity contribution in [3.8, 4) is 27.4 Å². The van der Waals surface area contributed by atoms with Crippen LogP contribution in [-0.4, -0.2) is 14.5 Å². The largest absolute Gasteiger partial charge is 0.353 e. The lowest BCUT2D eigenvalue weighted by Gasteiger charge is -2.10. The molecule has 3 nitrogen and oxygen atoms in total. The Morgan fingerprint density at radius 3 is 2.34 bits per heavy atom. The van der Waals surface area contributed by atoms with E-state index in [1.807, 2.05) is 6.07 Å². The van der Waals surface area contributed by atoms with Crippen molar-refractivity contribution in [2.24, 2.45) is 0 Å². The van der Waals surface area contributed by atoms with Crippen LogP contribution < -0.4 is 10.6 Å². The van der Waals surface area contributed by atoms with E-state index in [4.69, 9.17) is 4.98 Å². The van der Waals surface area contributed by atoms with E-state index in [9.17, 15) is 0 Å². The zero-order valence-corrected chi connectivity index (χ0v) is 23.1. The molecule has 1 aliphatic rings. The molecule has 0 atom stereocenters. The van der Waals surface area contributed by atoms with Crippen LogP contribution in [0.3, 0.4) is 0 Å². The van der Waals surface area contributed by atoms with E-state index in [0.29, 0.717) is 0 Å². The van der Waals surface area contributed by atoms with Gasteiger partial charge in [-0.15, -0.1) is 11.3 Å². The molecule has 1 aliphatic carbocycles. The topological polar surface area (TPSA) is 33.6 Å². The van der Waals surface area contributed by atoms with Gasteiger partial charge in [0, 0.05) is 43.5 Å². The van der Waals surface area contributed by atoms with E-state index in [2.05, 4.69) is 125 Å². The van der Waals surface area contributed by atoms with Gasteiger partial charge < -0.3 is 9.55 Å². The fourth-order valence-electron chi connectivity index (χ4n) is 6.48. The fraction of sp³-hybridized carbons (Fsp3) is 0.0541. The summed E-state index contributed by atoms with van der Waals surface area (Å²) < 4.78 is 3.67. The summed E-state index contributed by atoms with van der Waals surface area (Å²) in [4.78, 5) is 8.71. The minimum Gasteiger partial charge on any atom is -0.353 e. The molecular weight excluding hydrogens is 518 g/mol. The first-order valence-corrected chi connectivity index (χ1v) is 14.9. The molecule has 0 saturated heterocycles. The van der Waals surface area contributed by atoms with Gasteiger partial charge in [-0.1, -0.05) is 91.0 Å². The maximum absolute atomic E-state index is 4.96. The number of benzene rings is 5. The van der Waals surface area contributed by atoms with Gasteiger partial charge in [-0.3, -0.25) is 0 Å². The number of fused-ring (bicyclic) bond motifs is 8. The van der Waals surface area contributed by atoms with E-state index < -0.39 is 0 Å². The quantitative estimate of drug-likeness (QED) is 0.238. The second kappa shape index (κ2) is 8.79. The van der Waals surface area contributed by atoms with Crippen molar-refractivity contribution < 1.29 is 0 Å². The lowest BCUT2D eigenvalue weighted by molar-refractivity contribution is 1.03. The zero-order valence-electron chi connectivity index (χ0n) is 22.3. The molecule has 0 spiro atoms. The summed E-state index contributed by atoms with van der Waals surface area (Å²) >= 11 is 1.75. The maximum atomic E-state index is 4.96. The molecule has 3 heterocycles. The van der Waals surface area contributed by atoms with Crippen LogP contribution in [0, 0.1) is 0 Å². The van der Waals surface area contributed by atoms with Gasteiger partial charge in [-0.05, 0) is 54.3 Å². The van der Waals surface area contributed by atoms with E-state index in [0.717, 1.165) is 23.4 Å². The van der Waals surface area contributed by atoms with Gasteiger partial charge in [0.05, 0.1) is 21.3 Å². The Kier molecular flexibility index (Phi) is 4.89.